The number of allylic oxidation sites excluding steroid dienone is 2. The number of rotatable bonds is 3. The molecule has 188 valence electrons. The maximum Gasteiger partial charge on any atom is 0.317 e. The van der Waals surface area contributed by atoms with Crippen LogP contribution in [0.4, 0.5) is 5.69 Å². The summed E-state index contributed by atoms with van der Waals surface area (Å²) in [5.41, 5.74) is 5.35. The number of Topliss-reactive ketones (excluding diaryl/α,β-unsaturated/α-hetero) is 1. The maximum atomic E-state index is 14.5. The Morgan fingerprint density at radius 1 is 0.895 bits per heavy atom. The fraction of sp³-hybridized carbons (Fsp3) is 0.188. The van der Waals surface area contributed by atoms with E-state index >= 15 is 0 Å². The van der Waals surface area contributed by atoms with Crippen LogP contribution in [0, 0.1) is 5.92 Å². The molecule has 6 nitrogen and oxygen atoms in total. The molecule has 0 saturated heterocycles. The van der Waals surface area contributed by atoms with Crippen LogP contribution < -0.4 is 14.8 Å². The van der Waals surface area contributed by atoms with Gasteiger partial charge in [0.2, 0.25) is 6.79 Å². The Balaban J connectivity index is 1.43. The predicted octanol–water partition coefficient (Wildman–Crippen LogP) is 5.93. The van der Waals surface area contributed by atoms with Gasteiger partial charge in [-0.1, -0.05) is 66.7 Å². The molecule has 0 unspecified atom stereocenters. The third-order valence-corrected chi connectivity index (χ3v) is 7.95. The first-order valence-corrected chi connectivity index (χ1v) is 12.7. The quantitative estimate of drug-likeness (QED) is 0.276. The molecule has 38 heavy (non-hydrogen) atoms. The van der Waals surface area contributed by atoms with E-state index in [2.05, 4.69) is 41.7 Å². The van der Waals surface area contributed by atoms with E-state index in [1.807, 2.05) is 48.5 Å². The Hall–Kier alpha value is -4.58. The van der Waals surface area contributed by atoms with Gasteiger partial charge in [-0.15, -0.1) is 0 Å². The summed E-state index contributed by atoms with van der Waals surface area (Å²) in [6.45, 7) is 0.156. The normalized spacial score (nSPS) is 21.5. The molecule has 4 aromatic carbocycles. The van der Waals surface area contributed by atoms with E-state index in [-0.39, 0.29) is 18.5 Å². The van der Waals surface area contributed by atoms with Crippen molar-refractivity contribution in [3.05, 3.63) is 113 Å². The molecule has 4 aromatic rings. The second-order valence-corrected chi connectivity index (χ2v) is 9.90. The van der Waals surface area contributed by atoms with Crippen LogP contribution in [-0.4, -0.2) is 25.7 Å². The molecule has 0 radical (unpaired) electrons. The van der Waals surface area contributed by atoms with E-state index in [1.54, 1.807) is 0 Å². The highest BCUT2D eigenvalue weighted by atomic mass is 16.7. The second kappa shape index (κ2) is 8.77. The zero-order valence-corrected chi connectivity index (χ0v) is 20.8. The molecule has 3 atom stereocenters. The van der Waals surface area contributed by atoms with E-state index in [4.69, 9.17) is 14.2 Å². The lowest BCUT2D eigenvalue weighted by atomic mass is 9.66. The first-order valence-electron chi connectivity index (χ1n) is 12.7. The number of carbonyl (C=O) groups is 2. The largest absolute Gasteiger partial charge is 0.468 e. The van der Waals surface area contributed by atoms with Gasteiger partial charge in [0, 0.05) is 28.8 Å². The Labute approximate surface area is 219 Å². The molecule has 0 aromatic heterocycles. The molecular weight excluding hydrogens is 478 g/mol. The van der Waals surface area contributed by atoms with Gasteiger partial charge in [0.05, 0.1) is 7.11 Å². The number of hydrogen-bond donors (Lipinski definition) is 1. The van der Waals surface area contributed by atoms with E-state index in [1.165, 1.54) is 7.11 Å². The van der Waals surface area contributed by atoms with Crippen molar-refractivity contribution in [2.75, 3.05) is 19.2 Å². The van der Waals surface area contributed by atoms with Gasteiger partial charge < -0.3 is 19.5 Å². The Bertz CT molecular complexity index is 1640. The molecular formula is C32H25NO5. The summed E-state index contributed by atoms with van der Waals surface area (Å²) >= 11 is 0. The van der Waals surface area contributed by atoms with Gasteiger partial charge in [0.15, 0.2) is 17.3 Å². The lowest BCUT2D eigenvalue weighted by Gasteiger charge is -2.40. The molecule has 6 heteroatoms. The van der Waals surface area contributed by atoms with Crippen molar-refractivity contribution in [1.29, 1.82) is 0 Å². The standard InChI is InChI=1S/C32H25NO5/c1-36-32(35)29-22(20-12-14-25-26(15-20)38-17-37-25)16-24-30(31(29)34)27(19-8-3-2-4-9-19)28-21-10-6-5-7-18(21)11-13-23(28)33-24/h2-15,22,27,29,33H,16-17H2,1H3/t22-,27+,29+/m0/s1. The SMILES string of the molecule is COC(=O)[C@H]1C(=O)C2=C(C[C@H]1c1ccc3c(c1)OCO3)Nc1ccc3ccccc3c1[C@H]2c1ccccc1. The van der Waals surface area contributed by atoms with Gasteiger partial charge in [0.25, 0.3) is 0 Å². The molecule has 0 bridgehead atoms. The molecule has 0 amide bonds. The lowest BCUT2D eigenvalue weighted by molar-refractivity contribution is -0.149. The topological polar surface area (TPSA) is 73.9 Å². The van der Waals surface area contributed by atoms with E-state index in [0.29, 0.717) is 23.5 Å². The number of methoxy groups -OCH3 is 1. The summed E-state index contributed by atoms with van der Waals surface area (Å²) in [4.78, 5) is 27.7. The van der Waals surface area contributed by atoms with Crippen molar-refractivity contribution < 1.29 is 23.8 Å². The summed E-state index contributed by atoms with van der Waals surface area (Å²) in [7, 11) is 1.34. The number of carbonyl (C=O) groups excluding carboxylic acids is 2. The molecule has 0 saturated carbocycles. The first-order chi connectivity index (χ1) is 18.6. The highest BCUT2D eigenvalue weighted by molar-refractivity contribution is 6.13. The van der Waals surface area contributed by atoms with Crippen molar-refractivity contribution in [1.82, 2.24) is 0 Å². The van der Waals surface area contributed by atoms with Crippen molar-refractivity contribution >= 4 is 28.2 Å². The summed E-state index contributed by atoms with van der Waals surface area (Å²) in [6.07, 6.45) is 0.482. The van der Waals surface area contributed by atoms with Crippen LogP contribution in [0.15, 0.2) is 96.2 Å². The van der Waals surface area contributed by atoms with Gasteiger partial charge in [-0.25, -0.2) is 0 Å². The number of ether oxygens (including phenoxy) is 3. The molecule has 7 rings (SSSR count). The van der Waals surface area contributed by atoms with Crippen LogP contribution in [0.5, 0.6) is 11.5 Å². The minimum Gasteiger partial charge on any atom is -0.468 e. The second-order valence-electron chi connectivity index (χ2n) is 9.90. The summed E-state index contributed by atoms with van der Waals surface area (Å²) in [5, 5.41) is 5.78. The Kier molecular flexibility index (Phi) is 5.22. The molecule has 1 N–H and O–H groups in total. The van der Waals surface area contributed by atoms with Gasteiger partial charge in [0.1, 0.15) is 5.92 Å². The number of hydrogen-bond acceptors (Lipinski definition) is 6. The van der Waals surface area contributed by atoms with Crippen LogP contribution in [0.2, 0.25) is 0 Å². The molecule has 2 heterocycles. The number of anilines is 1. The lowest BCUT2D eigenvalue weighted by Crippen LogP contribution is -2.40. The number of benzene rings is 4. The van der Waals surface area contributed by atoms with E-state index < -0.39 is 17.8 Å². The molecule has 1 aliphatic carbocycles. The Morgan fingerprint density at radius 3 is 2.53 bits per heavy atom. The highest BCUT2D eigenvalue weighted by Crippen LogP contribution is 2.52. The summed E-state index contributed by atoms with van der Waals surface area (Å²) in [6, 6.07) is 28.1. The minimum atomic E-state index is -0.969. The zero-order valence-electron chi connectivity index (χ0n) is 20.8. The van der Waals surface area contributed by atoms with Gasteiger partial charge in [-0.3, -0.25) is 9.59 Å². The average Bonchev–Trinajstić information content (AvgIpc) is 3.44. The maximum absolute atomic E-state index is 14.5. The van der Waals surface area contributed by atoms with E-state index in [0.717, 1.165) is 38.8 Å². The predicted molar refractivity (Wildman–Crippen MR) is 143 cm³/mol. The number of nitrogens with one attached hydrogen (secondary N) is 1. The highest BCUT2D eigenvalue weighted by Gasteiger charge is 2.48. The van der Waals surface area contributed by atoms with Crippen molar-refractivity contribution in [3.63, 3.8) is 0 Å². The zero-order chi connectivity index (χ0) is 25.8. The minimum absolute atomic E-state index is 0.156. The number of ketones is 1. The summed E-state index contributed by atoms with van der Waals surface area (Å²) < 4.78 is 16.3. The molecule has 0 spiro atoms. The monoisotopic (exact) mass is 503 g/mol. The van der Waals surface area contributed by atoms with Crippen LogP contribution in [0.3, 0.4) is 0 Å². The third kappa shape index (κ3) is 3.40. The fourth-order valence-corrected chi connectivity index (χ4v) is 6.24. The average molecular weight is 504 g/mol. The Morgan fingerprint density at radius 2 is 1.68 bits per heavy atom. The van der Waals surface area contributed by atoms with Crippen LogP contribution in [0.25, 0.3) is 10.8 Å². The van der Waals surface area contributed by atoms with Gasteiger partial charge >= 0.3 is 5.97 Å². The van der Waals surface area contributed by atoms with E-state index in [9.17, 15) is 9.59 Å². The van der Waals surface area contributed by atoms with Gasteiger partial charge in [-0.05, 0) is 52.1 Å². The number of esters is 1. The first kappa shape index (κ1) is 22.6. The van der Waals surface area contributed by atoms with Crippen molar-refractivity contribution in [2.24, 2.45) is 5.92 Å². The smallest absolute Gasteiger partial charge is 0.317 e. The van der Waals surface area contributed by atoms with Crippen LogP contribution in [0.1, 0.15) is 34.9 Å². The molecule has 0 fully saturated rings. The molecule has 3 aliphatic rings. The number of fused-ring (bicyclic) bond motifs is 4. The van der Waals surface area contributed by atoms with Crippen LogP contribution >= 0.6 is 0 Å². The van der Waals surface area contributed by atoms with Crippen molar-refractivity contribution in [2.45, 2.75) is 18.3 Å². The molecule has 2 aliphatic heterocycles. The third-order valence-electron chi connectivity index (χ3n) is 7.95. The summed E-state index contributed by atoms with van der Waals surface area (Å²) in [5.74, 6) is -1.15. The van der Waals surface area contributed by atoms with Crippen LogP contribution in [-0.2, 0) is 14.3 Å². The van der Waals surface area contributed by atoms with Gasteiger partial charge in [-0.2, -0.15) is 0 Å². The van der Waals surface area contributed by atoms with Crippen molar-refractivity contribution in [3.8, 4) is 11.5 Å². The fourth-order valence-electron chi connectivity index (χ4n) is 6.24.